The molecule has 4 rings (SSSR count). The van der Waals surface area contributed by atoms with E-state index >= 15 is 0 Å². The number of carbonyl (C=O) groups is 2. The van der Waals surface area contributed by atoms with Crippen LogP contribution in [0.1, 0.15) is 39.6 Å². The minimum Gasteiger partial charge on any atom is -0.352 e. The summed E-state index contributed by atoms with van der Waals surface area (Å²) >= 11 is 6.17. The minimum atomic E-state index is -0.451. The van der Waals surface area contributed by atoms with Gasteiger partial charge in [0.25, 0.3) is 5.91 Å². The quantitative estimate of drug-likeness (QED) is 0.682. The van der Waals surface area contributed by atoms with Crippen molar-refractivity contribution >= 4 is 29.1 Å². The van der Waals surface area contributed by atoms with Crippen LogP contribution in [0.4, 0.5) is 5.69 Å². The SMILES string of the molecule is Cc1ccc(N2C(=O)c3cccnc3[C@@H]2CC(=O)NCc2ccccc2Cl)cc1. The summed E-state index contributed by atoms with van der Waals surface area (Å²) in [6.07, 6.45) is 1.77. The van der Waals surface area contributed by atoms with Crippen molar-refractivity contribution in [2.45, 2.75) is 25.9 Å². The zero-order chi connectivity index (χ0) is 20.4. The van der Waals surface area contributed by atoms with Gasteiger partial charge in [-0.2, -0.15) is 0 Å². The number of aryl methyl sites for hydroxylation is 1. The van der Waals surface area contributed by atoms with Crippen LogP contribution in [0.3, 0.4) is 0 Å². The summed E-state index contributed by atoms with van der Waals surface area (Å²) in [5, 5.41) is 3.51. The van der Waals surface area contributed by atoms with Gasteiger partial charge < -0.3 is 5.32 Å². The van der Waals surface area contributed by atoms with E-state index in [0.29, 0.717) is 22.8 Å². The first-order valence-corrected chi connectivity index (χ1v) is 9.77. The highest BCUT2D eigenvalue weighted by atomic mass is 35.5. The Morgan fingerprint density at radius 3 is 2.62 bits per heavy atom. The number of rotatable bonds is 5. The summed E-state index contributed by atoms with van der Waals surface area (Å²) in [4.78, 5) is 31.8. The highest BCUT2D eigenvalue weighted by Crippen LogP contribution is 2.38. The molecule has 1 aliphatic rings. The highest BCUT2D eigenvalue weighted by molar-refractivity contribution is 6.31. The van der Waals surface area contributed by atoms with E-state index in [-0.39, 0.29) is 18.2 Å². The Labute approximate surface area is 174 Å². The van der Waals surface area contributed by atoms with Crippen molar-refractivity contribution < 1.29 is 9.59 Å². The number of fused-ring (bicyclic) bond motifs is 1. The highest BCUT2D eigenvalue weighted by Gasteiger charge is 2.39. The maximum atomic E-state index is 13.0. The van der Waals surface area contributed by atoms with Crippen molar-refractivity contribution in [1.82, 2.24) is 10.3 Å². The number of halogens is 1. The normalized spacial score (nSPS) is 15.3. The van der Waals surface area contributed by atoms with Crippen molar-refractivity contribution in [3.63, 3.8) is 0 Å². The molecule has 1 atom stereocenters. The average molecular weight is 406 g/mol. The van der Waals surface area contributed by atoms with Crippen LogP contribution in [0, 0.1) is 6.92 Å². The van der Waals surface area contributed by atoms with Crippen LogP contribution < -0.4 is 10.2 Å². The Bertz CT molecular complexity index is 1070. The molecule has 2 heterocycles. The van der Waals surface area contributed by atoms with Crippen LogP contribution in [0.15, 0.2) is 66.9 Å². The van der Waals surface area contributed by atoms with Crippen molar-refractivity contribution in [3.05, 3.63) is 94.3 Å². The van der Waals surface area contributed by atoms with Gasteiger partial charge in [0.15, 0.2) is 0 Å². The molecule has 0 bridgehead atoms. The van der Waals surface area contributed by atoms with E-state index in [1.165, 1.54) is 0 Å². The van der Waals surface area contributed by atoms with Crippen molar-refractivity contribution in [2.75, 3.05) is 4.90 Å². The van der Waals surface area contributed by atoms with Gasteiger partial charge in [0, 0.05) is 23.5 Å². The summed E-state index contributed by atoms with van der Waals surface area (Å²) in [6.45, 7) is 2.32. The molecule has 0 radical (unpaired) electrons. The van der Waals surface area contributed by atoms with E-state index in [1.54, 1.807) is 29.3 Å². The third-order valence-electron chi connectivity index (χ3n) is 5.04. The first kappa shape index (κ1) is 19.2. The molecule has 1 aliphatic heterocycles. The number of amides is 2. The van der Waals surface area contributed by atoms with Crippen LogP contribution in [-0.4, -0.2) is 16.8 Å². The number of carbonyl (C=O) groups excluding carboxylic acids is 2. The Balaban J connectivity index is 1.57. The van der Waals surface area contributed by atoms with Gasteiger partial charge in [-0.3, -0.25) is 19.5 Å². The number of nitrogens with zero attached hydrogens (tertiary/aromatic N) is 2. The van der Waals surface area contributed by atoms with Crippen LogP contribution >= 0.6 is 11.6 Å². The van der Waals surface area contributed by atoms with Crippen LogP contribution in [0.25, 0.3) is 0 Å². The maximum absolute atomic E-state index is 13.0. The Morgan fingerprint density at radius 1 is 1.10 bits per heavy atom. The number of aromatic nitrogens is 1. The van der Waals surface area contributed by atoms with Gasteiger partial charge in [-0.1, -0.05) is 47.5 Å². The number of benzene rings is 2. The molecule has 5 nitrogen and oxygen atoms in total. The fraction of sp³-hybridized carbons (Fsp3) is 0.174. The zero-order valence-electron chi connectivity index (χ0n) is 15.9. The zero-order valence-corrected chi connectivity index (χ0v) is 16.7. The molecule has 0 aliphatic carbocycles. The van der Waals surface area contributed by atoms with E-state index in [9.17, 15) is 9.59 Å². The first-order valence-electron chi connectivity index (χ1n) is 9.40. The average Bonchev–Trinajstić information content (AvgIpc) is 3.00. The van der Waals surface area contributed by atoms with Gasteiger partial charge >= 0.3 is 0 Å². The van der Waals surface area contributed by atoms with Gasteiger partial charge in [-0.05, 0) is 42.8 Å². The molecule has 0 fully saturated rings. The fourth-order valence-electron chi connectivity index (χ4n) is 3.53. The van der Waals surface area contributed by atoms with E-state index < -0.39 is 6.04 Å². The third-order valence-corrected chi connectivity index (χ3v) is 5.41. The predicted octanol–water partition coefficient (Wildman–Crippen LogP) is 4.45. The van der Waals surface area contributed by atoms with Crippen molar-refractivity contribution in [1.29, 1.82) is 0 Å². The molecule has 0 spiro atoms. The number of nitrogens with one attached hydrogen (secondary N) is 1. The lowest BCUT2D eigenvalue weighted by Crippen LogP contribution is -2.33. The molecule has 146 valence electrons. The lowest BCUT2D eigenvalue weighted by molar-refractivity contribution is -0.121. The Morgan fingerprint density at radius 2 is 1.86 bits per heavy atom. The molecule has 1 aromatic heterocycles. The van der Waals surface area contributed by atoms with Crippen LogP contribution in [0.5, 0.6) is 0 Å². The smallest absolute Gasteiger partial charge is 0.260 e. The van der Waals surface area contributed by atoms with Crippen LogP contribution in [-0.2, 0) is 11.3 Å². The molecule has 6 heteroatoms. The molecule has 0 unspecified atom stereocenters. The van der Waals surface area contributed by atoms with E-state index in [4.69, 9.17) is 11.6 Å². The number of hydrogen-bond acceptors (Lipinski definition) is 3. The fourth-order valence-corrected chi connectivity index (χ4v) is 3.73. The van der Waals surface area contributed by atoms with Gasteiger partial charge in [0.2, 0.25) is 5.91 Å². The lowest BCUT2D eigenvalue weighted by atomic mass is 10.1. The molecule has 2 amide bonds. The van der Waals surface area contributed by atoms with Gasteiger partial charge in [0.05, 0.1) is 23.7 Å². The van der Waals surface area contributed by atoms with E-state index in [2.05, 4.69) is 10.3 Å². The Kier molecular flexibility index (Phi) is 5.32. The predicted molar refractivity (Wildman–Crippen MR) is 113 cm³/mol. The summed E-state index contributed by atoms with van der Waals surface area (Å²) in [5.74, 6) is -0.306. The van der Waals surface area contributed by atoms with Gasteiger partial charge in [-0.25, -0.2) is 0 Å². The monoisotopic (exact) mass is 405 g/mol. The second kappa shape index (κ2) is 8.05. The van der Waals surface area contributed by atoms with Crippen molar-refractivity contribution in [3.8, 4) is 0 Å². The molecule has 0 saturated heterocycles. The van der Waals surface area contributed by atoms with E-state index in [0.717, 1.165) is 16.8 Å². The van der Waals surface area contributed by atoms with Crippen molar-refractivity contribution in [2.24, 2.45) is 0 Å². The summed E-state index contributed by atoms with van der Waals surface area (Å²) in [5.41, 5.74) is 3.87. The summed E-state index contributed by atoms with van der Waals surface area (Å²) in [7, 11) is 0. The second-order valence-electron chi connectivity index (χ2n) is 7.03. The molecule has 3 aromatic rings. The standard InChI is InChI=1S/C23H20ClN3O2/c1-15-8-10-17(11-9-15)27-20(22-18(23(27)29)6-4-12-25-22)13-21(28)26-14-16-5-2-3-7-19(16)24/h2-12,20H,13-14H2,1H3,(H,26,28)/t20-/m0/s1. The largest absolute Gasteiger partial charge is 0.352 e. The number of anilines is 1. The van der Waals surface area contributed by atoms with Gasteiger partial charge in [0.1, 0.15) is 0 Å². The molecule has 0 saturated carbocycles. The van der Waals surface area contributed by atoms with E-state index in [1.807, 2.05) is 49.4 Å². The maximum Gasteiger partial charge on any atom is 0.260 e. The first-order chi connectivity index (χ1) is 14.0. The van der Waals surface area contributed by atoms with Gasteiger partial charge in [-0.15, -0.1) is 0 Å². The Hall–Kier alpha value is -3.18. The molecule has 29 heavy (non-hydrogen) atoms. The second-order valence-corrected chi connectivity index (χ2v) is 7.44. The summed E-state index contributed by atoms with van der Waals surface area (Å²) in [6, 6.07) is 18.1. The number of pyridine rings is 1. The third kappa shape index (κ3) is 3.87. The molecular weight excluding hydrogens is 386 g/mol. The van der Waals surface area contributed by atoms with Crippen LogP contribution in [0.2, 0.25) is 5.02 Å². The molecule has 1 N–H and O–H groups in total. The topological polar surface area (TPSA) is 62.3 Å². The summed E-state index contributed by atoms with van der Waals surface area (Å²) < 4.78 is 0. The molecule has 2 aromatic carbocycles. The lowest BCUT2D eigenvalue weighted by Gasteiger charge is -2.25. The minimum absolute atomic E-state index is 0.119. The molecular formula is C23H20ClN3O2. The number of hydrogen-bond donors (Lipinski definition) is 1.